The van der Waals surface area contributed by atoms with Crippen LogP contribution in [-0.2, 0) is 11.3 Å². The number of hydrogen-bond acceptors (Lipinski definition) is 3. The summed E-state index contributed by atoms with van der Waals surface area (Å²) < 4.78 is 0. The number of aliphatic hydroxyl groups excluding tert-OH is 1. The summed E-state index contributed by atoms with van der Waals surface area (Å²) in [4.78, 5) is 12.9. The van der Waals surface area contributed by atoms with Crippen LogP contribution in [0.2, 0.25) is 0 Å². The van der Waals surface area contributed by atoms with Gasteiger partial charge in [-0.15, -0.1) is 0 Å². The molecule has 2 rings (SSSR count). The van der Waals surface area contributed by atoms with E-state index in [0.29, 0.717) is 26.1 Å². The highest BCUT2D eigenvalue weighted by atomic mass is 16.4. The second-order valence-corrected chi connectivity index (χ2v) is 6.15. The molecule has 0 saturated carbocycles. The molecule has 1 unspecified atom stereocenters. The van der Waals surface area contributed by atoms with Crippen molar-refractivity contribution >= 4 is 5.97 Å². The molecule has 0 aromatic heterocycles. The number of aliphatic carboxylic acids is 1. The van der Waals surface area contributed by atoms with Crippen LogP contribution in [0.25, 0.3) is 0 Å². The maximum Gasteiger partial charge on any atom is 0.303 e. The SMILES string of the molecule is Cc1cccc(C(O)CN(CCCC(=O)O)Cc2ccccc2)c1. The molecule has 0 fully saturated rings. The van der Waals surface area contributed by atoms with E-state index in [4.69, 9.17) is 5.11 Å². The number of hydrogen-bond donors (Lipinski definition) is 2. The van der Waals surface area contributed by atoms with Gasteiger partial charge in [0.2, 0.25) is 0 Å². The minimum atomic E-state index is -0.783. The largest absolute Gasteiger partial charge is 0.481 e. The molecule has 4 heteroatoms. The Hall–Kier alpha value is -2.17. The maximum atomic E-state index is 10.8. The van der Waals surface area contributed by atoms with E-state index in [0.717, 1.165) is 16.7 Å². The Morgan fingerprint density at radius 3 is 2.54 bits per heavy atom. The van der Waals surface area contributed by atoms with Gasteiger partial charge in [-0.05, 0) is 31.0 Å². The van der Waals surface area contributed by atoms with Crippen molar-refractivity contribution in [1.82, 2.24) is 4.90 Å². The van der Waals surface area contributed by atoms with Crippen LogP contribution in [0, 0.1) is 6.92 Å². The molecule has 24 heavy (non-hydrogen) atoms. The zero-order valence-corrected chi connectivity index (χ0v) is 14.1. The first-order valence-electron chi connectivity index (χ1n) is 8.27. The lowest BCUT2D eigenvalue weighted by Crippen LogP contribution is -2.29. The Labute approximate surface area is 143 Å². The van der Waals surface area contributed by atoms with E-state index in [1.54, 1.807) is 0 Å². The van der Waals surface area contributed by atoms with E-state index in [1.165, 1.54) is 0 Å². The van der Waals surface area contributed by atoms with Crippen LogP contribution in [0.1, 0.15) is 35.6 Å². The van der Waals surface area contributed by atoms with Gasteiger partial charge < -0.3 is 10.2 Å². The number of carbonyl (C=O) groups is 1. The summed E-state index contributed by atoms with van der Waals surface area (Å²) in [5, 5.41) is 19.4. The Morgan fingerprint density at radius 1 is 1.12 bits per heavy atom. The first-order valence-corrected chi connectivity index (χ1v) is 8.27. The van der Waals surface area contributed by atoms with Gasteiger partial charge in [-0.3, -0.25) is 9.69 Å². The highest BCUT2D eigenvalue weighted by molar-refractivity contribution is 5.66. The molecule has 2 aromatic rings. The normalized spacial score (nSPS) is 12.3. The van der Waals surface area contributed by atoms with Crippen LogP contribution < -0.4 is 0 Å². The summed E-state index contributed by atoms with van der Waals surface area (Å²) in [6.07, 6.45) is 0.132. The molecule has 0 spiro atoms. The van der Waals surface area contributed by atoms with E-state index in [9.17, 15) is 9.90 Å². The van der Waals surface area contributed by atoms with Crippen molar-refractivity contribution in [3.8, 4) is 0 Å². The second-order valence-electron chi connectivity index (χ2n) is 6.15. The molecule has 0 heterocycles. The van der Waals surface area contributed by atoms with E-state index in [1.807, 2.05) is 61.5 Å². The van der Waals surface area contributed by atoms with E-state index in [-0.39, 0.29) is 6.42 Å². The van der Waals surface area contributed by atoms with E-state index in [2.05, 4.69) is 4.90 Å². The standard InChI is InChI=1S/C20H25NO3/c1-16-7-5-10-18(13-16)19(22)15-21(12-6-11-20(23)24)14-17-8-3-2-4-9-17/h2-5,7-10,13,19,22H,6,11-12,14-15H2,1H3,(H,23,24). The third-order valence-electron chi connectivity index (χ3n) is 3.97. The Kier molecular flexibility index (Phi) is 6.97. The monoisotopic (exact) mass is 327 g/mol. The van der Waals surface area contributed by atoms with Crippen molar-refractivity contribution in [3.63, 3.8) is 0 Å². The number of aryl methyl sites for hydroxylation is 1. The topological polar surface area (TPSA) is 60.8 Å². The predicted molar refractivity (Wildman–Crippen MR) is 94.7 cm³/mol. The molecule has 2 N–H and O–H groups in total. The summed E-state index contributed by atoms with van der Waals surface area (Å²) in [5.41, 5.74) is 3.17. The number of carboxylic acids is 1. The fraction of sp³-hybridized carbons (Fsp3) is 0.350. The van der Waals surface area contributed by atoms with Crippen LogP contribution in [-0.4, -0.2) is 34.2 Å². The molecular weight excluding hydrogens is 302 g/mol. The van der Waals surface area contributed by atoms with Crippen LogP contribution >= 0.6 is 0 Å². The molecule has 0 radical (unpaired) electrons. The zero-order chi connectivity index (χ0) is 17.4. The molecule has 0 aliphatic carbocycles. The molecule has 0 aliphatic heterocycles. The average molecular weight is 327 g/mol. The fourth-order valence-electron chi connectivity index (χ4n) is 2.76. The van der Waals surface area contributed by atoms with Crippen molar-refractivity contribution < 1.29 is 15.0 Å². The van der Waals surface area contributed by atoms with Crippen LogP contribution in [0.5, 0.6) is 0 Å². The number of rotatable bonds is 9. The zero-order valence-electron chi connectivity index (χ0n) is 14.1. The lowest BCUT2D eigenvalue weighted by molar-refractivity contribution is -0.137. The molecule has 0 aliphatic rings. The van der Waals surface area contributed by atoms with Crippen LogP contribution in [0.4, 0.5) is 0 Å². The van der Waals surface area contributed by atoms with Crippen molar-refractivity contribution in [2.45, 2.75) is 32.4 Å². The highest BCUT2D eigenvalue weighted by Gasteiger charge is 2.14. The van der Waals surface area contributed by atoms with E-state index < -0.39 is 12.1 Å². The van der Waals surface area contributed by atoms with Gasteiger partial charge in [-0.25, -0.2) is 0 Å². The van der Waals surface area contributed by atoms with E-state index >= 15 is 0 Å². The number of benzene rings is 2. The van der Waals surface area contributed by atoms with Gasteiger partial charge in [0.15, 0.2) is 0 Å². The summed E-state index contributed by atoms with van der Waals surface area (Å²) >= 11 is 0. The summed E-state index contributed by atoms with van der Waals surface area (Å²) in [6.45, 7) is 3.83. The van der Waals surface area contributed by atoms with Gasteiger partial charge in [0.25, 0.3) is 0 Å². The van der Waals surface area contributed by atoms with Crippen molar-refractivity contribution in [3.05, 3.63) is 71.3 Å². The van der Waals surface area contributed by atoms with Gasteiger partial charge in [-0.2, -0.15) is 0 Å². The van der Waals surface area contributed by atoms with Gasteiger partial charge >= 0.3 is 5.97 Å². The van der Waals surface area contributed by atoms with Gasteiger partial charge in [0.1, 0.15) is 0 Å². The molecule has 128 valence electrons. The summed E-state index contributed by atoms with van der Waals surface area (Å²) in [7, 11) is 0. The lowest BCUT2D eigenvalue weighted by atomic mass is 10.1. The van der Waals surface area contributed by atoms with Gasteiger partial charge in [-0.1, -0.05) is 60.2 Å². The van der Waals surface area contributed by atoms with Crippen molar-refractivity contribution in [1.29, 1.82) is 0 Å². The third-order valence-corrected chi connectivity index (χ3v) is 3.97. The molecule has 0 amide bonds. The number of nitrogens with zero attached hydrogens (tertiary/aromatic N) is 1. The summed E-state index contributed by atoms with van der Waals surface area (Å²) in [5.74, 6) is -0.783. The molecule has 0 bridgehead atoms. The van der Waals surface area contributed by atoms with Crippen molar-refractivity contribution in [2.75, 3.05) is 13.1 Å². The predicted octanol–water partition coefficient (Wildman–Crippen LogP) is 3.40. The molecule has 0 saturated heterocycles. The fourth-order valence-corrected chi connectivity index (χ4v) is 2.76. The van der Waals surface area contributed by atoms with Crippen molar-refractivity contribution in [2.24, 2.45) is 0 Å². The van der Waals surface area contributed by atoms with Gasteiger partial charge in [0, 0.05) is 19.5 Å². The Balaban J connectivity index is 2.02. The minimum Gasteiger partial charge on any atom is -0.481 e. The number of carboxylic acid groups (broad SMARTS) is 1. The highest BCUT2D eigenvalue weighted by Crippen LogP contribution is 2.17. The Bertz CT molecular complexity index is 642. The molecule has 1 atom stereocenters. The molecule has 4 nitrogen and oxygen atoms in total. The van der Waals surface area contributed by atoms with Crippen LogP contribution in [0.15, 0.2) is 54.6 Å². The smallest absolute Gasteiger partial charge is 0.303 e. The van der Waals surface area contributed by atoms with Crippen LogP contribution in [0.3, 0.4) is 0 Å². The lowest BCUT2D eigenvalue weighted by Gasteiger charge is -2.25. The minimum absolute atomic E-state index is 0.145. The third kappa shape index (κ3) is 6.14. The Morgan fingerprint density at radius 2 is 1.88 bits per heavy atom. The quantitative estimate of drug-likeness (QED) is 0.741. The molecular formula is C20H25NO3. The first-order chi connectivity index (χ1) is 11.5. The number of aliphatic hydroxyl groups is 1. The average Bonchev–Trinajstić information content (AvgIpc) is 2.55. The second kappa shape index (κ2) is 9.21. The molecule has 2 aromatic carbocycles. The first kappa shape index (κ1) is 18.2. The van der Waals surface area contributed by atoms with Gasteiger partial charge in [0.05, 0.1) is 6.10 Å². The summed E-state index contributed by atoms with van der Waals surface area (Å²) in [6, 6.07) is 17.9. The maximum absolute atomic E-state index is 10.8.